The zero-order valence-electron chi connectivity index (χ0n) is 10.2. The summed E-state index contributed by atoms with van der Waals surface area (Å²) in [5.74, 6) is 1.32. The van der Waals surface area contributed by atoms with Crippen LogP contribution in [0.2, 0.25) is 0 Å². The van der Waals surface area contributed by atoms with E-state index in [0.29, 0.717) is 12.5 Å². The van der Waals surface area contributed by atoms with E-state index >= 15 is 0 Å². The number of methoxy groups -OCH3 is 1. The Labute approximate surface area is 101 Å². The van der Waals surface area contributed by atoms with Gasteiger partial charge >= 0.3 is 0 Å². The van der Waals surface area contributed by atoms with Gasteiger partial charge in [-0.2, -0.15) is 4.98 Å². The minimum absolute atomic E-state index is 0.0105. The van der Waals surface area contributed by atoms with Gasteiger partial charge in [0.25, 0.3) is 0 Å². The van der Waals surface area contributed by atoms with Gasteiger partial charge in [0.15, 0.2) is 5.82 Å². The Bertz CT molecular complexity index is 372. The van der Waals surface area contributed by atoms with Crippen LogP contribution in [0.15, 0.2) is 12.4 Å². The van der Waals surface area contributed by atoms with E-state index in [4.69, 9.17) is 15.2 Å². The predicted octanol–water partition coefficient (Wildman–Crippen LogP) is 0.0376. The Hall–Kier alpha value is -1.40. The number of anilines is 1. The molecule has 2 N–H and O–H groups in total. The van der Waals surface area contributed by atoms with Crippen LogP contribution >= 0.6 is 0 Å². The van der Waals surface area contributed by atoms with Crippen molar-refractivity contribution in [3.63, 3.8) is 0 Å². The number of hydrogen-bond acceptors (Lipinski definition) is 6. The van der Waals surface area contributed by atoms with Crippen molar-refractivity contribution in [3.8, 4) is 5.88 Å². The third-order valence-corrected chi connectivity index (χ3v) is 2.81. The first-order valence-corrected chi connectivity index (χ1v) is 5.69. The van der Waals surface area contributed by atoms with E-state index < -0.39 is 0 Å². The maximum Gasteiger partial charge on any atom is 0.233 e. The van der Waals surface area contributed by atoms with E-state index in [1.807, 2.05) is 6.92 Å². The molecule has 2 unspecified atom stereocenters. The minimum atomic E-state index is 0.0105. The molecule has 2 atom stereocenters. The molecular formula is C11H18N4O2. The topological polar surface area (TPSA) is 73.5 Å². The maximum atomic E-state index is 5.85. The van der Waals surface area contributed by atoms with E-state index in [9.17, 15) is 0 Å². The largest absolute Gasteiger partial charge is 0.480 e. The second kappa shape index (κ2) is 5.29. The third-order valence-electron chi connectivity index (χ3n) is 2.81. The first kappa shape index (κ1) is 12.1. The number of hydrogen-bond donors (Lipinski definition) is 1. The summed E-state index contributed by atoms with van der Waals surface area (Å²) in [5, 5.41) is 0. The number of ether oxygens (including phenoxy) is 2. The second-order valence-electron chi connectivity index (χ2n) is 4.13. The van der Waals surface area contributed by atoms with Crippen LogP contribution < -0.4 is 15.4 Å². The van der Waals surface area contributed by atoms with Crippen LogP contribution in [0.25, 0.3) is 0 Å². The summed E-state index contributed by atoms with van der Waals surface area (Å²) < 4.78 is 10.7. The highest BCUT2D eigenvalue weighted by Gasteiger charge is 2.24. The van der Waals surface area contributed by atoms with Crippen LogP contribution in [0, 0.1) is 0 Å². The molecule has 1 aromatic heterocycles. The number of nitrogens with zero attached hydrogens (tertiary/aromatic N) is 3. The fraction of sp³-hybridized carbons (Fsp3) is 0.636. The van der Waals surface area contributed by atoms with Crippen molar-refractivity contribution in [1.82, 2.24) is 9.97 Å². The van der Waals surface area contributed by atoms with Crippen molar-refractivity contribution in [2.45, 2.75) is 19.1 Å². The Morgan fingerprint density at radius 1 is 1.59 bits per heavy atom. The highest BCUT2D eigenvalue weighted by Crippen LogP contribution is 2.17. The van der Waals surface area contributed by atoms with Crippen LogP contribution in [0.1, 0.15) is 6.92 Å². The summed E-state index contributed by atoms with van der Waals surface area (Å²) in [6.07, 6.45) is 3.36. The highest BCUT2D eigenvalue weighted by atomic mass is 16.5. The third kappa shape index (κ3) is 2.83. The van der Waals surface area contributed by atoms with Crippen LogP contribution in [0.3, 0.4) is 0 Å². The molecule has 0 saturated carbocycles. The molecule has 17 heavy (non-hydrogen) atoms. The lowest BCUT2D eigenvalue weighted by molar-refractivity contribution is 0.0273. The summed E-state index contributed by atoms with van der Waals surface area (Å²) in [4.78, 5) is 10.6. The fourth-order valence-corrected chi connectivity index (χ4v) is 1.79. The minimum Gasteiger partial charge on any atom is -0.480 e. The van der Waals surface area contributed by atoms with Crippen molar-refractivity contribution >= 4 is 5.82 Å². The summed E-state index contributed by atoms with van der Waals surface area (Å²) in [6.45, 7) is 4.14. The van der Waals surface area contributed by atoms with Crippen LogP contribution in [-0.2, 0) is 4.74 Å². The van der Waals surface area contributed by atoms with Gasteiger partial charge in [-0.3, -0.25) is 4.98 Å². The monoisotopic (exact) mass is 238 g/mol. The standard InChI is InChI=1S/C11H18N4O2/c1-8(12)9-7-15(3-4-17-9)10-5-13-6-11(14-10)16-2/h5-6,8-9H,3-4,7,12H2,1-2H3. The van der Waals surface area contributed by atoms with E-state index in [2.05, 4.69) is 14.9 Å². The van der Waals surface area contributed by atoms with Gasteiger partial charge in [0.2, 0.25) is 5.88 Å². The molecule has 2 rings (SSSR count). The average Bonchev–Trinajstić information content (AvgIpc) is 2.39. The Kier molecular flexibility index (Phi) is 3.75. The van der Waals surface area contributed by atoms with Gasteiger partial charge in [0.1, 0.15) is 0 Å². The maximum absolute atomic E-state index is 5.85. The molecule has 1 saturated heterocycles. The normalized spacial score (nSPS) is 22.3. The first-order chi connectivity index (χ1) is 8.20. The van der Waals surface area contributed by atoms with Crippen molar-refractivity contribution in [2.24, 2.45) is 5.73 Å². The molecule has 1 aliphatic heterocycles. The molecule has 0 aromatic carbocycles. The lowest BCUT2D eigenvalue weighted by atomic mass is 10.1. The SMILES string of the molecule is COc1cncc(N2CCOC(C(C)N)C2)n1. The van der Waals surface area contributed by atoms with Crippen molar-refractivity contribution < 1.29 is 9.47 Å². The summed E-state index contributed by atoms with van der Waals surface area (Å²) in [6, 6.07) is 0.0105. The van der Waals surface area contributed by atoms with E-state index in [-0.39, 0.29) is 12.1 Å². The molecule has 0 spiro atoms. The molecule has 0 aliphatic carbocycles. The van der Waals surface area contributed by atoms with E-state index in [1.54, 1.807) is 19.5 Å². The first-order valence-electron chi connectivity index (χ1n) is 5.69. The van der Waals surface area contributed by atoms with Crippen molar-refractivity contribution in [3.05, 3.63) is 12.4 Å². The van der Waals surface area contributed by atoms with Crippen molar-refractivity contribution in [2.75, 3.05) is 31.7 Å². The smallest absolute Gasteiger partial charge is 0.233 e. The molecule has 1 aliphatic rings. The van der Waals surface area contributed by atoms with Gasteiger partial charge in [-0.25, -0.2) is 0 Å². The number of rotatable bonds is 3. The predicted molar refractivity (Wildman–Crippen MR) is 64.2 cm³/mol. The fourth-order valence-electron chi connectivity index (χ4n) is 1.79. The number of morpholine rings is 1. The van der Waals surface area contributed by atoms with E-state index in [0.717, 1.165) is 18.9 Å². The Morgan fingerprint density at radius 2 is 2.41 bits per heavy atom. The molecule has 0 radical (unpaired) electrons. The zero-order chi connectivity index (χ0) is 12.3. The molecule has 94 valence electrons. The highest BCUT2D eigenvalue weighted by molar-refractivity contribution is 5.38. The van der Waals surface area contributed by atoms with Crippen LogP contribution in [-0.4, -0.2) is 48.9 Å². The lowest BCUT2D eigenvalue weighted by Crippen LogP contribution is -2.49. The molecule has 2 heterocycles. The van der Waals surface area contributed by atoms with Crippen molar-refractivity contribution in [1.29, 1.82) is 0 Å². The summed E-state index contributed by atoms with van der Waals surface area (Å²) in [7, 11) is 1.58. The number of aromatic nitrogens is 2. The summed E-state index contributed by atoms with van der Waals surface area (Å²) >= 11 is 0. The number of nitrogens with two attached hydrogens (primary N) is 1. The second-order valence-corrected chi connectivity index (χ2v) is 4.13. The quantitative estimate of drug-likeness (QED) is 0.801. The molecule has 6 heteroatoms. The molecule has 1 fully saturated rings. The molecule has 6 nitrogen and oxygen atoms in total. The van der Waals surface area contributed by atoms with Gasteiger partial charge in [0, 0.05) is 19.1 Å². The van der Waals surface area contributed by atoms with Crippen LogP contribution in [0.5, 0.6) is 5.88 Å². The lowest BCUT2D eigenvalue weighted by Gasteiger charge is -2.35. The summed E-state index contributed by atoms with van der Waals surface area (Å²) in [5.41, 5.74) is 5.85. The Morgan fingerprint density at radius 3 is 3.12 bits per heavy atom. The molecular weight excluding hydrogens is 220 g/mol. The Balaban J connectivity index is 2.10. The van der Waals surface area contributed by atoms with Gasteiger partial charge in [-0.05, 0) is 6.92 Å². The van der Waals surface area contributed by atoms with Gasteiger partial charge in [-0.1, -0.05) is 0 Å². The van der Waals surface area contributed by atoms with Gasteiger partial charge in [0.05, 0.1) is 32.2 Å². The zero-order valence-corrected chi connectivity index (χ0v) is 10.2. The van der Waals surface area contributed by atoms with Gasteiger partial charge in [-0.15, -0.1) is 0 Å². The van der Waals surface area contributed by atoms with Gasteiger partial charge < -0.3 is 20.1 Å². The molecule has 0 amide bonds. The van der Waals surface area contributed by atoms with E-state index in [1.165, 1.54) is 0 Å². The molecule has 0 bridgehead atoms. The van der Waals surface area contributed by atoms with Crippen LogP contribution in [0.4, 0.5) is 5.82 Å². The average molecular weight is 238 g/mol. The molecule has 1 aromatic rings.